The van der Waals surface area contributed by atoms with Gasteiger partial charge in [0.25, 0.3) is 0 Å². The van der Waals surface area contributed by atoms with Gasteiger partial charge in [0.2, 0.25) is 0 Å². The monoisotopic (exact) mass is 742 g/mol. The zero-order valence-electron chi connectivity index (χ0n) is 33.6. The van der Waals surface area contributed by atoms with E-state index >= 15 is 0 Å². The van der Waals surface area contributed by atoms with E-state index in [1.165, 1.54) is 167 Å². The van der Waals surface area contributed by atoms with Gasteiger partial charge in [0.15, 0.2) is 0 Å². The number of carbonyl (C=O) groups excluding carboxylic acids is 2. The Morgan fingerprint density at radius 1 is 0.490 bits per heavy atom. The van der Waals surface area contributed by atoms with Crippen molar-refractivity contribution in [1.29, 1.82) is 0 Å². The third-order valence-electron chi connectivity index (χ3n) is 9.91. The molecule has 0 aromatic carbocycles. The highest BCUT2D eigenvalue weighted by atomic mass is 32.2. The highest BCUT2D eigenvalue weighted by Crippen LogP contribution is 2.20. The molecule has 0 saturated heterocycles. The van der Waals surface area contributed by atoms with Gasteiger partial charge in [-0.15, -0.1) is 11.8 Å². The van der Waals surface area contributed by atoms with Gasteiger partial charge in [-0.3, -0.25) is 14.4 Å². The number of carboxylic acids is 1. The number of esters is 2. The number of unbranched alkanes of at least 4 members (excludes halogenated alkanes) is 30. The van der Waals surface area contributed by atoms with Crippen molar-refractivity contribution < 1.29 is 29.0 Å². The maximum absolute atomic E-state index is 12.8. The summed E-state index contributed by atoms with van der Waals surface area (Å²) in [5, 5.41) is 8.34. The summed E-state index contributed by atoms with van der Waals surface area (Å²) in [6.07, 6.45) is 40.9. The Labute approximate surface area is 319 Å². The van der Waals surface area contributed by atoms with Gasteiger partial charge < -0.3 is 20.3 Å². The molecule has 7 nitrogen and oxygen atoms in total. The van der Waals surface area contributed by atoms with E-state index in [4.69, 9.17) is 20.3 Å². The second-order valence-corrected chi connectivity index (χ2v) is 16.2. The Kier molecular flexibility index (Phi) is 38.9. The average Bonchev–Trinajstić information content (AvgIpc) is 3.12. The van der Waals surface area contributed by atoms with Crippen LogP contribution in [0.5, 0.6) is 0 Å². The van der Waals surface area contributed by atoms with Gasteiger partial charge in [-0.25, -0.2) is 0 Å². The van der Waals surface area contributed by atoms with Crippen molar-refractivity contribution in [3.05, 3.63) is 0 Å². The van der Waals surface area contributed by atoms with Gasteiger partial charge in [0, 0.05) is 5.75 Å². The van der Waals surface area contributed by atoms with Crippen LogP contribution >= 0.6 is 11.8 Å². The van der Waals surface area contributed by atoms with Crippen LogP contribution in [-0.4, -0.2) is 53.3 Å². The normalized spacial score (nSPS) is 12.5. The van der Waals surface area contributed by atoms with Crippen LogP contribution in [0.1, 0.15) is 226 Å². The number of rotatable bonds is 41. The van der Waals surface area contributed by atoms with Crippen molar-refractivity contribution in [2.45, 2.75) is 237 Å². The van der Waals surface area contributed by atoms with Gasteiger partial charge in [-0.05, 0) is 12.8 Å². The fourth-order valence-corrected chi connectivity index (χ4v) is 7.50. The van der Waals surface area contributed by atoms with E-state index in [9.17, 15) is 14.4 Å². The largest absolute Gasteiger partial charge is 0.480 e. The first-order valence-electron chi connectivity index (χ1n) is 21.8. The minimum absolute atomic E-state index is 0.0283. The molecule has 0 aromatic heterocycles. The molecule has 51 heavy (non-hydrogen) atoms. The number of hydrogen-bond acceptors (Lipinski definition) is 7. The summed E-state index contributed by atoms with van der Waals surface area (Å²) in [6, 6.07) is -1.10. The molecule has 0 aliphatic carbocycles. The number of nitrogens with two attached hydrogens (primary N) is 1. The SMILES string of the molecule is CCCCCCCCCCCCCCCCCCOC(=O)CC(SCC(N)C(=O)O)C(=O)OCCCCCCCCCCCCCCCCCC. The Morgan fingerprint density at radius 3 is 1.10 bits per heavy atom. The zero-order chi connectivity index (χ0) is 37.5. The van der Waals surface area contributed by atoms with Crippen molar-refractivity contribution in [3.8, 4) is 0 Å². The quantitative estimate of drug-likeness (QED) is 0.0470. The van der Waals surface area contributed by atoms with Crippen LogP contribution in [0.25, 0.3) is 0 Å². The van der Waals surface area contributed by atoms with Gasteiger partial charge in [0.1, 0.15) is 11.3 Å². The summed E-state index contributed by atoms with van der Waals surface area (Å²) in [7, 11) is 0. The zero-order valence-corrected chi connectivity index (χ0v) is 34.4. The highest BCUT2D eigenvalue weighted by Gasteiger charge is 2.27. The van der Waals surface area contributed by atoms with Crippen LogP contribution in [0.2, 0.25) is 0 Å². The number of hydrogen-bond donors (Lipinski definition) is 2. The molecule has 0 amide bonds. The Balaban J connectivity index is 3.93. The fourth-order valence-electron chi connectivity index (χ4n) is 6.46. The van der Waals surface area contributed by atoms with Gasteiger partial charge in [0.05, 0.1) is 19.6 Å². The first-order valence-corrected chi connectivity index (χ1v) is 22.9. The molecule has 0 rings (SSSR count). The molecule has 2 atom stereocenters. The lowest BCUT2D eigenvalue weighted by Crippen LogP contribution is -2.35. The Hall–Kier alpha value is -1.28. The van der Waals surface area contributed by atoms with E-state index in [1.54, 1.807) is 0 Å². The first-order chi connectivity index (χ1) is 24.9. The van der Waals surface area contributed by atoms with Gasteiger partial charge in [-0.1, -0.05) is 206 Å². The lowest BCUT2D eigenvalue weighted by molar-refractivity contribution is -0.149. The lowest BCUT2D eigenvalue weighted by atomic mass is 10.0. The topological polar surface area (TPSA) is 116 Å². The van der Waals surface area contributed by atoms with Crippen LogP contribution < -0.4 is 5.73 Å². The van der Waals surface area contributed by atoms with E-state index < -0.39 is 29.2 Å². The molecule has 2 unspecified atom stereocenters. The molecule has 8 heteroatoms. The van der Waals surface area contributed by atoms with E-state index in [1.807, 2.05) is 0 Å². The molecule has 0 aromatic rings. The average molecular weight is 742 g/mol. The fraction of sp³-hybridized carbons (Fsp3) is 0.930. The van der Waals surface area contributed by atoms with Crippen LogP contribution in [0.3, 0.4) is 0 Å². The third kappa shape index (κ3) is 36.9. The third-order valence-corrected chi connectivity index (χ3v) is 11.2. The van der Waals surface area contributed by atoms with E-state index in [0.717, 1.165) is 50.3 Å². The minimum atomic E-state index is -1.13. The summed E-state index contributed by atoms with van der Waals surface area (Å²) in [4.78, 5) is 36.5. The van der Waals surface area contributed by atoms with Crippen molar-refractivity contribution in [2.75, 3.05) is 19.0 Å². The lowest BCUT2D eigenvalue weighted by Gasteiger charge is -2.16. The number of thioether (sulfide) groups is 1. The predicted molar refractivity (Wildman–Crippen MR) is 217 cm³/mol. The second-order valence-electron chi connectivity index (χ2n) is 15.0. The van der Waals surface area contributed by atoms with E-state index in [0.29, 0.717) is 13.2 Å². The molecule has 3 N–H and O–H groups in total. The van der Waals surface area contributed by atoms with Crippen LogP contribution in [-0.2, 0) is 23.9 Å². The molecule has 302 valence electrons. The molecule has 0 aliphatic rings. The summed E-state index contributed by atoms with van der Waals surface area (Å²) < 4.78 is 10.9. The van der Waals surface area contributed by atoms with E-state index in [2.05, 4.69) is 13.8 Å². The minimum Gasteiger partial charge on any atom is -0.480 e. The molecule has 0 bridgehead atoms. The molecule has 0 fully saturated rings. The molecule has 0 radical (unpaired) electrons. The first kappa shape index (κ1) is 49.7. The summed E-state index contributed by atoms with van der Waals surface area (Å²) in [5.41, 5.74) is 5.66. The maximum Gasteiger partial charge on any atom is 0.321 e. The number of carboxylic acid groups (broad SMARTS) is 1. The van der Waals surface area contributed by atoms with E-state index in [-0.39, 0.29) is 12.2 Å². The molecule has 0 spiro atoms. The molecule has 0 aliphatic heterocycles. The standard InChI is InChI=1S/C43H83NO6S/c1-3-5-7-9-11-13-15-17-19-21-23-25-27-29-31-33-35-49-41(45)37-40(51-38-39(44)42(46)47)43(48)50-36-34-32-30-28-26-24-22-20-18-16-14-12-10-8-6-4-2/h39-40H,3-38,44H2,1-2H3,(H,46,47). The second kappa shape index (κ2) is 39.9. The van der Waals surface area contributed by atoms with Crippen molar-refractivity contribution >= 4 is 29.7 Å². The summed E-state index contributed by atoms with van der Waals surface area (Å²) in [5.74, 6) is -2.04. The highest BCUT2D eigenvalue weighted by molar-refractivity contribution is 8.00. The predicted octanol–water partition coefficient (Wildman–Crippen LogP) is 12.5. The van der Waals surface area contributed by atoms with Crippen molar-refractivity contribution in [2.24, 2.45) is 5.73 Å². The maximum atomic E-state index is 12.8. The number of carbonyl (C=O) groups is 3. The van der Waals surface area contributed by atoms with Crippen molar-refractivity contribution in [1.82, 2.24) is 0 Å². The smallest absolute Gasteiger partial charge is 0.321 e. The summed E-state index contributed by atoms with van der Waals surface area (Å²) >= 11 is 1.07. The molecule has 0 saturated carbocycles. The molecular formula is C43H83NO6S. The van der Waals surface area contributed by atoms with Gasteiger partial charge >= 0.3 is 17.9 Å². The van der Waals surface area contributed by atoms with Crippen LogP contribution in [0.15, 0.2) is 0 Å². The molecular weight excluding hydrogens is 659 g/mol. The molecule has 0 heterocycles. The van der Waals surface area contributed by atoms with Crippen molar-refractivity contribution in [3.63, 3.8) is 0 Å². The number of ether oxygens (including phenoxy) is 2. The number of aliphatic carboxylic acids is 1. The van der Waals surface area contributed by atoms with Gasteiger partial charge in [-0.2, -0.15) is 0 Å². The van der Waals surface area contributed by atoms with Crippen LogP contribution in [0, 0.1) is 0 Å². The Morgan fingerprint density at radius 2 is 0.784 bits per heavy atom. The summed E-state index contributed by atoms with van der Waals surface area (Å²) in [6.45, 7) is 5.19. The Bertz CT molecular complexity index is 782. The van der Waals surface area contributed by atoms with Crippen LogP contribution in [0.4, 0.5) is 0 Å².